The molecule has 3 N–H and O–H groups in total. The van der Waals surface area contributed by atoms with Crippen LogP contribution >= 0.6 is 0 Å². The van der Waals surface area contributed by atoms with E-state index in [9.17, 15) is 9.59 Å². The zero-order chi connectivity index (χ0) is 19.5. The summed E-state index contributed by atoms with van der Waals surface area (Å²) in [6.45, 7) is 11.4. The van der Waals surface area contributed by atoms with Crippen LogP contribution in [0.4, 0.5) is 0 Å². The minimum absolute atomic E-state index is 0.0114. The van der Waals surface area contributed by atoms with Crippen molar-refractivity contribution >= 4 is 11.8 Å². The van der Waals surface area contributed by atoms with E-state index in [1.807, 2.05) is 51.7 Å². The van der Waals surface area contributed by atoms with Crippen LogP contribution in [-0.4, -0.2) is 48.1 Å². The fourth-order valence-corrected chi connectivity index (χ4v) is 2.98. The molecule has 1 heterocycles. The maximum atomic E-state index is 12.7. The molecule has 1 aromatic carbocycles. The Morgan fingerprint density at radius 2 is 1.73 bits per heavy atom. The van der Waals surface area contributed by atoms with Crippen LogP contribution in [0.3, 0.4) is 0 Å². The lowest BCUT2D eigenvalue weighted by Gasteiger charge is -2.35. The number of hydrogen-bond donors (Lipinski definition) is 2. The molecular formula is C20H31N3O3. The second kappa shape index (κ2) is 8.18. The van der Waals surface area contributed by atoms with Crippen LogP contribution in [0.15, 0.2) is 24.3 Å². The van der Waals surface area contributed by atoms with Gasteiger partial charge in [-0.25, -0.2) is 0 Å². The lowest BCUT2D eigenvalue weighted by Crippen LogP contribution is -2.48. The normalized spacial score (nSPS) is 22.0. The number of nitrogens with zero attached hydrogens (tertiary/aromatic N) is 1. The smallest absolute Gasteiger partial charge is 0.254 e. The van der Waals surface area contributed by atoms with Crippen molar-refractivity contribution in [3.05, 3.63) is 35.4 Å². The van der Waals surface area contributed by atoms with Crippen molar-refractivity contribution in [3.8, 4) is 0 Å². The van der Waals surface area contributed by atoms with Gasteiger partial charge in [-0.2, -0.15) is 0 Å². The summed E-state index contributed by atoms with van der Waals surface area (Å²) in [5, 5.41) is 2.85. The Balaban J connectivity index is 1.93. The van der Waals surface area contributed by atoms with Gasteiger partial charge in [-0.3, -0.25) is 9.59 Å². The zero-order valence-corrected chi connectivity index (χ0v) is 16.4. The molecule has 0 saturated carbocycles. The maximum absolute atomic E-state index is 12.7. The van der Waals surface area contributed by atoms with Gasteiger partial charge in [0.05, 0.1) is 18.2 Å². The van der Waals surface area contributed by atoms with Crippen LogP contribution < -0.4 is 11.1 Å². The highest BCUT2D eigenvalue weighted by Gasteiger charge is 2.28. The molecule has 0 spiro atoms. The lowest BCUT2D eigenvalue weighted by molar-refractivity contribution is -0.124. The first kappa shape index (κ1) is 20.4. The largest absolute Gasteiger partial charge is 0.372 e. The number of carbonyl (C=O) groups excluding carboxylic acids is 2. The van der Waals surface area contributed by atoms with E-state index in [0.29, 0.717) is 25.2 Å². The van der Waals surface area contributed by atoms with Crippen molar-refractivity contribution in [1.29, 1.82) is 0 Å². The van der Waals surface area contributed by atoms with Gasteiger partial charge in [0.15, 0.2) is 0 Å². The van der Waals surface area contributed by atoms with Gasteiger partial charge in [-0.1, -0.05) is 32.9 Å². The molecular weight excluding hydrogens is 330 g/mol. The standard InChI is InChI=1S/C20H31N3O3/c1-13-11-23(12-14(2)26-13)19(25)16-8-6-15(7-9-16)10-22-18(24)17(21)20(3,4)5/h6-9,13-14,17H,10-12,21H2,1-5H3,(H,22,24)/t13?,14?,17-/m1/s1. The molecule has 144 valence electrons. The van der Waals surface area contributed by atoms with E-state index < -0.39 is 6.04 Å². The van der Waals surface area contributed by atoms with E-state index in [4.69, 9.17) is 10.5 Å². The number of nitrogens with one attached hydrogen (secondary N) is 1. The molecule has 0 aliphatic carbocycles. The molecule has 3 atom stereocenters. The number of benzene rings is 1. The van der Waals surface area contributed by atoms with Crippen LogP contribution in [0.5, 0.6) is 0 Å². The van der Waals surface area contributed by atoms with E-state index in [-0.39, 0.29) is 29.4 Å². The zero-order valence-electron chi connectivity index (χ0n) is 16.4. The third-order valence-electron chi connectivity index (χ3n) is 4.59. The number of rotatable bonds is 4. The Kier molecular flexibility index (Phi) is 6.42. The molecule has 1 aliphatic rings. The Morgan fingerprint density at radius 1 is 1.19 bits per heavy atom. The van der Waals surface area contributed by atoms with Crippen LogP contribution in [-0.2, 0) is 16.1 Å². The highest BCUT2D eigenvalue weighted by Crippen LogP contribution is 2.18. The molecule has 1 fully saturated rings. The predicted octanol–water partition coefficient (Wildman–Crippen LogP) is 1.93. The first-order valence-corrected chi connectivity index (χ1v) is 9.15. The average Bonchev–Trinajstić information content (AvgIpc) is 2.57. The molecule has 2 unspecified atom stereocenters. The minimum atomic E-state index is -0.561. The van der Waals surface area contributed by atoms with Crippen molar-refractivity contribution in [1.82, 2.24) is 10.2 Å². The van der Waals surface area contributed by atoms with Crippen molar-refractivity contribution in [2.45, 2.75) is 59.4 Å². The van der Waals surface area contributed by atoms with Gasteiger partial charge in [-0.05, 0) is 37.0 Å². The summed E-state index contributed by atoms with van der Waals surface area (Å²) in [5.41, 5.74) is 7.25. The summed E-state index contributed by atoms with van der Waals surface area (Å²) in [6, 6.07) is 6.78. The first-order valence-electron chi connectivity index (χ1n) is 9.15. The number of morpholine rings is 1. The van der Waals surface area contributed by atoms with Crippen LogP contribution in [0, 0.1) is 5.41 Å². The highest BCUT2D eigenvalue weighted by molar-refractivity contribution is 5.94. The van der Waals surface area contributed by atoms with Gasteiger partial charge in [0.1, 0.15) is 0 Å². The van der Waals surface area contributed by atoms with E-state index in [0.717, 1.165) is 5.56 Å². The predicted molar refractivity (Wildman–Crippen MR) is 102 cm³/mol. The summed E-state index contributed by atoms with van der Waals surface area (Å²) >= 11 is 0. The van der Waals surface area contributed by atoms with Crippen LogP contribution in [0.2, 0.25) is 0 Å². The molecule has 1 aliphatic heterocycles. The minimum Gasteiger partial charge on any atom is -0.372 e. The third kappa shape index (κ3) is 5.29. The molecule has 0 aromatic heterocycles. The van der Waals surface area contributed by atoms with Gasteiger partial charge < -0.3 is 20.7 Å². The quantitative estimate of drug-likeness (QED) is 0.858. The summed E-state index contributed by atoms with van der Waals surface area (Å²) in [7, 11) is 0. The van der Waals surface area contributed by atoms with Crippen molar-refractivity contribution < 1.29 is 14.3 Å². The molecule has 0 radical (unpaired) electrons. The number of amides is 2. The van der Waals surface area contributed by atoms with Gasteiger partial charge in [0.25, 0.3) is 5.91 Å². The SMILES string of the molecule is CC1CN(C(=O)c2ccc(CNC(=O)[C@@H](N)C(C)(C)C)cc2)CC(C)O1. The Labute approximate surface area is 156 Å². The number of nitrogens with two attached hydrogens (primary N) is 1. The van der Waals surface area contributed by atoms with E-state index in [1.165, 1.54) is 0 Å². The molecule has 1 aromatic rings. The van der Waals surface area contributed by atoms with Gasteiger partial charge in [-0.15, -0.1) is 0 Å². The van der Waals surface area contributed by atoms with Crippen molar-refractivity contribution in [2.75, 3.05) is 13.1 Å². The van der Waals surface area contributed by atoms with E-state index >= 15 is 0 Å². The molecule has 6 heteroatoms. The highest BCUT2D eigenvalue weighted by atomic mass is 16.5. The first-order chi connectivity index (χ1) is 12.1. The average molecular weight is 361 g/mol. The van der Waals surface area contributed by atoms with Crippen molar-refractivity contribution in [3.63, 3.8) is 0 Å². The number of ether oxygens (including phenoxy) is 1. The number of hydrogen-bond acceptors (Lipinski definition) is 4. The second-order valence-corrected chi connectivity index (χ2v) is 8.23. The molecule has 6 nitrogen and oxygen atoms in total. The van der Waals surface area contributed by atoms with E-state index in [1.54, 1.807) is 12.1 Å². The van der Waals surface area contributed by atoms with Crippen LogP contribution in [0.1, 0.15) is 50.5 Å². The molecule has 26 heavy (non-hydrogen) atoms. The van der Waals surface area contributed by atoms with Crippen molar-refractivity contribution in [2.24, 2.45) is 11.1 Å². The summed E-state index contributed by atoms with van der Waals surface area (Å²) in [5.74, 6) is -0.161. The van der Waals surface area contributed by atoms with Crippen LogP contribution in [0.25, 0.3) is 0 Å². The monoisotopic (exact) mass is 361 g/mol. The summed E-state index contributed by atoms with van der Waals surface area (Å²) in [6.07, 6.45) is 0.0911. The lowest BCUT2D eigenvalue weighted by atomic mass is 9.87. The summed E-state index contributed by atoms with van der Waals surface area (Å²) in [4.78, 5) is 26.6. The fourth-order valence-electron chi connectivity index (χ4n) is 2.98. The second-order valence-electron chi connectivity index (χ2n) is 8.23. The Hall–Kier alpha value is -1.92. The Bertz CT molecular complexity index is 627. The third-order valence-corrected chi connectivity index (χ3v) is 4.59. The fraction of sp³-hybridized carbons (Fsp3) is 0.600. The Morgan fingerprint density at radius 3 is 2.23 bits per heavy atom. The van der Waals surface area contributed by atoms with Gasteiger partial charge in [0, 0.05) is 25.2 Å². The molecule has 1 saturated heterocycles. The molecule has 2 amide bonds. The topological polar surface area (TPSA) is 84.7 Å². The van der Waals surface area contributed by atoms with E-state index in [2.05, 4.69) is 5.32 Å². The molecule has 0 bridgehead atoms. The van der Waals surface area contributed by atoms with Gasteiger partial charge in [0.2, 0.25) is 5.91 Å². The summed E-state index contributed by atoms with van der Waals surface area (Å²) < 4.78 is 5.67. The number of carbonyl (C=O) groups is 2. The molecule has 2 rings (SSSR count). The maximum Gasteiger partial charge on any atom is 0.254 e. The van der Waals surface area contributed by atoms with Gasteiger partial charge >= 0.3 is 0 Å².